The Labute approximate surface area is 666 Å². The Hall–Kier alpha value is -5.30. The van der Waals surface area contributed by atoms with E-state index in [2.05, 4.69) is 103 Å². The Kier molecular flexibility index (Phi) is 25.2. The van der Waals surface area contributed by atoms with E-state index in [1.54, 1.807) is 31.0 Å². The van der Waals surface area contributed by atoms with Crippen LogP contribution < -0.4 is 5.73 Å². The molecule has 3 aromatic heterocycles. The molecule has 5 aromatic rings. The molecule has 24 heteroatoms. The number of ether oxygens (including phenoxy) is 6. The van der Waals surface area contributed by atoms with Crippen molar-refractivity contribution >= 4 is 101 Å². The lowest BCUT2D eigenvalue weighted by atomic mass is 9.44. The van der Waals surface area contributed by atoms with Gasteiger partial charge in [-0.05, 0) is 246 Å². The number of nitrogens with two attached hydrogens (primary N) is 1. The average Bonchev–Trinajstić information content (AvgIpc) is 1.36. The lowest BCUT2D eigenvalue weighted by Gasteiger charge is -2.61. The summed E-state index contributed by atoms with van der Waals surface area (Å²) < 4.78 is 40.1. The summed E-state index contributed by atoms with van der Waals surface area (Å²) in [5.74, 6) is 8.34. The molecule has 10 unspecified atom stereocenters. The van der Waals surface area contributed by atoms with Crippen LogP contribution in [-0.2, 0) is 76.8 Å². The molecule has 600 valence electrons. The summed E-state index contributed by atoms with van der Waals surface area (Å²) >= 11 is 0. The van der Waals surface area contributed by atoms with Crippen LogP contribution in [0, 0.1) is 92.7 Å². The van der Waals surface area contributed by atoms with E-state index in [0.717, 1.165) is 109 Å². The monoisotopic (exact) mass is 1580 g/mol. The maximum absolute atomic E-state index is 13.8. The van der Waals surface area contributed by atoms with Crippen molar-refractivity contribution in [3.8, 4) is 22.5 Å². The predicted molar refractivity (Wildman–Crippen MR) is 433 cm³/mol. The highest BCUT2D eigenvalue weighted by molar-refractivity contribution is 8.77. The first-order valence-corrected chi connectivity index (χ1v) is 47.1. The highest BCUT2D eigenvalue weighted by Gasteiger charge is 2.63. The van der Waals surface area contributed by atoms with Crippen LogP contribution in [0.2, 0.25) is 0 Å². The predicted octanol–water partition coefficient (Wildman–Crippen LogP) is 17.3. The van der Waals surface area contributed by atoms with Crippen molar-refractivity contribution in [2.24, 2.45) is 98.4 Å². The average molecular weight is 1590 g/mol. The Bertz CT molecular complexity index is 3850. The van der Waals surface area contributed by atoms with Gasteiger partial charge in [-0.15, -0.1) is 10.2 Å². The van der Waals surface area contributed by atoms with E-state index in [1.165, 1.54) is 77.0 Å². The van der Waals surface area contributed by atoms with Crippen LogP contribution in [0.4, 0.5) is 0 Å². The lowest BCUT2D eigenvalue weighted by Crippen LogP contribution is -2.54. The molecule has 8 saturated carbocycles. The van der Waals surface area contributed by atoms with Gasteiger partial charge in [0, 0.05) is 93.7 Å². The van der Waals surface area contributed by atoms with E-state index in [1.807, 2.05) is 34.0 Å². The number of carbonyl (C=O) groups is 6. The zero-order valence-electron chi connectivity index (χ0n) is 66.0. The molecule has 0 amide bonds. The van der Waals surface area contributed by atoms with Crippen LogP contribution >= 0.6 is 43.2 Å². The molecule has 15 rings (SSSR count). The Morgan fingerprint density at radius 1 is 0.500 bits per heavy atom. The number of hydrogen-bond donors (Lipinski definition) is 1. The Morgan fingerprint density at radius 2 is 0.918 bits per heavy atom. The summed E-state index contributed by atoms with van der Waals surface area (Å²) in [4.78, 5) is 77.7. The molecule has 2 aliphatic heterocycles. The molecule has 110 heavy (non-hydrogen) atoms. The molecule has 2 aromatic carbocycles. The van der Waals surface area contributed by atoms with Crippen molar-refractivity contribution in [2.75, 3.05) is 44.5 Å². The molecule has 2 saturated heterocycles. The molecule has 0 bridgehead atoms. The number of hydrogen-bond acceptors (Lipinski definition) is 21. The third kappa shape index (κ3) is 17.0. The summed E-state index contributed by atoms with van der Waals surface area (Å²) in [7, 11) is 7.19. The number of nitrogens with zero attached hydrogens (tertiary/aromatic N) is 7. The highest BCUT2D eigenvalue weighted by Crippen LogP contribution is 2.71. The van der Waals surface area contributed by atoms with E-state index in [0.29, 0.717) is 158 Å². The van der Waals surface area contributed by atoms with Gasteiger partial charge in [-0.3, -0.25) is 28.8 Å². The number of rotatable bonds is 30. The van der Waals surface area contributed by atoms with Gasteiger partial charge < -0.3 is 38.7 Å². The zero-order chi connectivity index (χ0) is 76.5. The van der Waals surface area contributed by atoms with E-state index in [9.17, 15) is 28.8 Å². The number of benzene rings is 2. The van der Waals surface area contributed by atoms with Gasteiger partial charge in [0.05, 0.1) is 51.7 Å². The second-order valence-electron chi connectivity index (χ2n) is 36.2. The van der Waals surface area contributed by atoms with E-state index in [4.69, 9.17) is 34.2 Å². The van der Waals surface area contributed by atoms with Gasteiger partial charge in [0.2, 0.25) is 0 Å². The summed E-state index contributed by atoms with van der Waals surface area (Å²) in [6, 6.07) is 12.6. The third-order valence-electron chi connectivity index (χ3n) is 30.3. The van der Waals surface area contributed by atoms with Gasteiger partial charge in [0.25, 0.3) is 0 Å². The minimum atomic E-state index is -0.283. The number of carbonyl (C=O) groups excluding carboxylic acids is 6. The number of aromatic nitrogens is 7. The van der Waals surface area contributed by atoms with Gasteiger partial charge in [0.1, 0.15) is 36.7 Å². The molecule has 5 heterocycles. The highest BCUT2D eigenvalue weighted by atomic mass is 33.1. The largest absolute Gasteiger partial charge is 0.466 e. The van der Waals surface area contributed by atoms with Crippen LogP contribution in [0.1, 0.15) is 221 Å². The molecule has 20 atom stereocenters. The van der Waals surface area contributed by atoms with Crippen LogP contribution in [0.15, 0.2) is 48.8 Å². The van der Waals surface area contributed by atoms with E-state index >= 15 is 0 Å². The van der Waals surface area contributed by atoms with E-state index in [-0.39, 0.29) is 96.0 Å². The molecule has 10 fully saturated rings. The minimum Gasteiger partial charge on any atom is -0.466 e. The normalized spacial score (nSPS) is 33.5. The second kappa shape index (κ2) is 34.6. The zero-order valence-corrected chi connectivity index (χ0v) is 69.2. The first-order chi connectivity index (χ1) is 53.2. The summed E-state index contributed by atoms with van der Waals surface area (Å²) in [6.45, 7) is 17.1. The Morgan fingerprint density at radius 3 is 1.34 bits per heavy atom. The molecule has 20 nitrogen and oxygen atoms in total. The van der Waals surface area contributed by atoms with Gasteiger partial charge in [-0.25, -0.2) is 9.36 Å². The van der Waals surface area contributed by atoms with Crippen molar-refractivity contribution in [1.29, 1.82) is 0 Å². The lowest BCUT2D eigenvalue weighted by molar-refractivity contribution is -0.164. The fraction of sp³-hybridized carbons (Fsp3) is 0.744. The topological polar surface area (TPSA) is 250 Å². The third-order valence-corrected chi connectivity index (χ3v) is 36.2. The van der Waals surface area contributed by atoms with Crippen molar-refractivity contribution in [1.82, 2.24) is 34.6 Å². The van der Waals surface area contributed by atoms with Crippen molar-refractivity contribution in [3.63, 3.8) is 0 Å². The minimum absolute atomic E-state index is 0.0139. The molecular weight excluding hydrogens is 1470 g/mol. The fourth-order valence-electron chi connectivity index (χ4n) is 24.7. The molecule has 2 N–H and O–H groups in total. The number of esters is 6. The first-order valence-electron chi connectivity index (χ1n) is 42.3. The smallest absolute Gasteiger partial charge is 0.328 e. The molecule has 0 spiro atoms. The molecular formula is C86H120N8O12S4. The van der Waals surface area contributed by atoms with Crippen molar-refractivity contribution < 1.29 is 57.2 Å². The van der Waals surface area contributed by atoms with Crippen molar-refractivity contribution in [2.45, 2.75) is 264 Å². The van der Waals surface area contributed by atoms with Crippen LogP contribution in [0.3, 0.4) is 0 Å². The SMILES string of the molecule is C[C@H](CCC(=O)OCCCOC(=O)CC1CCSS1)C1CC[C@H]2[C@@H]3CC[C@@H]4C[C@H](OC(=O)Cn5cc(-c6ccc7c8ccc(-c9cn(CC(=O)O[C@@H]%10CCC%11(C)C%12CCC%13(C)C([C@H](C)CCC(=O)OCCCOC(=O)CC%14CCSS%14)CC[C@H]%13[C@@H]%12CC[C@@H]%11C%10)nn9)cc8n(CCN)c7c6)nn5)CCC4(C)C3CCC12C. The van der Waals surface area contributed by atoms with Gasteiger partial charge in [-0.2, -0.15) is 0 Å². The quantitative estimate of drug-likeness (QED) is 0.0194. The van der Waals surface area contributed by atoms with Gasteiger partial charge >= 0.3 is 35.8 Å². The summed E-state index contributed by atoms with van der Waals surface area (Å²) in [6.07, 6.45) is 30.6. The number of fused-ring (bicyclic) bond motifs is 13. The second-order valence-corrected chi connectivity index (χ2v) is 41.8. The standard InChI is InChI=1S/C86H120N8O12S4/c1-53(9-23-77(95)101-37-7-39-103-79(97)47-61-29-41-107-109-61)67-19-21-69-65-17-13-57-45-59(25-31-83(57,3)71(65)27-33-85(67,69)5)105-81(99)51-92-49-73(88-90-92)55-11-15-63-64-16-12-56(44-76(64)94(36-35-87)75(63)43-55)74-50-93(91-89-74)52-82(100)106-60-26-32-84(4)58(46-60)14-18-66-70-22-20-68(86(70,6)34-28-72(66)84)54(2)10-24-78(96)102-38-8-40-104-80(98)48-62-30-42-108-110-62/h11-12,15-16,43-44,49-50,53-54,57-62,65-72H,7-10,13-14,17-42,45-48,51-52,87H2,1-6H3/t53-,54-,57-,58-,59-,60-,61?,62?,65+,66+,67?,68?,69+,70+,71?,72?,83?,84?,85?,86?/m1/s1. The molecule has 10 aliphatic rings. The summed E-state index contributed by atoms with van der Waals surface area (Å²) in [5.41, 5.74) is 12.4. The van der Waals surface area contributed by atoms with Gasteiger partial charge in [0.15, 0.2) is 0 Å². The summed E-state index contributed by atoms with van der Waals surface area (Å²) in [5, 5.41) is 20.9. The Balaban J connectivity index is 0.490. The van der Waals surface area contributed by atoms with Crippen LogP contribution in [0.25, 0.3) is 44.3 Å². The van der Waals surface area contributed by atoms with Crippen molar-refractivity contribution in [3.05, 3.63) is 48.8 Å². The van der Waals surface area contributed by atoms with Gasteiger partial charge in [-0.1, -0.05) is 119 Å². The maximum Gasteiger partial charge on any atom is 0.328 e. The fourth-order valence-corrected chi connectivity index (χ4v) is 30.5. The maximum atomic E-state index is 13.8. The molecule has 0 radical (unpaired) electrons. The first kappa shape index (κ1) is 79.9. The molecule has 8 aliphatic carbocycles. The van der Waals surface area contributed by atoms with E-state index < -0.39 is 0 Å². The van der Waals surface area contributed by atoms with Crippen LogP contribution in [0.5, 0.6) is 0 Å². The van der Waals surface area contributed by atoms with Crippen LogP contribution in [-0.4, -0.2) is 138 Å².